The number of hydrogen-bond acceptors (Lipinski definition) is 3. The van der Waals surface area contributed by atoms with Gasteiger partial charge in [0.25, 0.3) is 0 Å². The molecule has 0 N–H and O–H groups in total. The molecule has 68 valence electrons. The van der Waals surface area contributed by atoms with Crippen LogP contribution in [0.5, 0.6) is 0 Å². The Kier molecular flexibility index (Phi) is 5.77. The van der Waals surface area contributed by atoms with Gasteiger partial charge in [-0.05, 0) is 0 Å². The standard InChI is InChI=1S/C7H11NO3Te/c1-8(2)7(10)12-5-4-6(9)11-3/h4-5H,1-3H3/b5-4+. The number of amides is 1. The molecule has 0 radical (unpaired) electrons. The number of rotatable bonds is 3. The van der Waals surface area contributed by atoms with Crippen molar-refractivity contribution >= 4 is 30.8 Å². The van der Waals surface area contributed by atoms with Crippen molar-refractivity contribution in [1.29, 1.82) is 0 Å². The summed E-state index contributed by atoms with van der Waals surface area (Å²) in [7, 11) is 4.69. The molecule has 1 amide bonds. The number of hydrogen-bond donors (Lipinski definition) is 0. The van der Waals surface area contributed by atoms with Gasteiger partial charge in [0.2, 0.25) is 0 Å². The van der Waals surface area contributed by atoms with E-state index in [0.717, 1.165) is 0 Å². The molecule has 0 rings (SSSR count). The molecule has 0 heterocycles. The van der Waals surface area contributed by atoms with Crippen LogP contribution in [0.3, 0.4) is 0 Å². The zero-order chi connectivity index (χ0) is 9.56. The van der Waals surface area contributed by atoms with E-state index >= 15 is 0 Å². The first-order valence-corrected chi connectivity index (χ1v) is 5.71. The Bertz CT molecular complexity index is 201. The SMILES string of the molecule is COC(=O)/C=C/[Te]C(=O)N(C)C. The molecular weight excluding hydrogens is 274 g/mol. The van der Waals surface area contributed by atoms with Crippen LogP contribution in [-0.4, -0.2) is 57.0 Å². The Morgan fingerprint density at radius 1 is 1.42 bits per heavy atom. The van der Waals surface area contributed by atoms with Crippen molar-refractivity contribution in [2.75, 3.05) is 21.2 Å². The van der Waals surface area contributed by atoms with Crippen LogP contribution in [0.1, 0.15) is 0 Å². The average Bonchev–Trinajstić information content (AvgIpc) is 2.03. The molecule has 0 aromatic carbocycles. The number of carbonyl (C=O) groups excluding carboxylic acids is 2. The molecule has 0 bridgehead atoms. The Balaban J connectivity index is 3.75. The molecule has 0 aromatic heterocycles. The van der Waals surface area contributed by atoms with Crippen molar-refractivity contribution in [3.05, 3.63) is 10.2 Å². The minimum atomic E-state index is -0.883. The van der Waals surface area contributed by atoms with E-state index in [1.807, 2.05) is 0 Å². The zero-order valence-corrected chi connectivity index (χ0v) is 9.57. The van der Waals surface area contributed by atoms with Crippen LogP contribution in [0.2, 0.25) is 0 Å². The van der Waals surface area contributed by atoms with Gasteiger partial charge >= 0.3 is 81.5 Å². The van der Waals surface area contributed by atoms with Crippen LogP contribution in [0.25, 0.3) is 0 Å². The summed E-state index contributed by atoms with van der Waals surface area (Å²) in [5, 5.41) is 0. The topological polar surface area (TPSA) is 46.6 Å². The molecule has 0 spiro atoms. The summed E-state index contributed by atoms with van der Waals surface area (Å²) in [5.74, 6) is -0.411. The third-order valence-corrected chi connectivity index (χ3v) is 3.33. The molecule has 0 aliphatic carbocycles. The molecule has 0 unspecified atom stereocenters. The van der Waals surface area contributed by atoms with E-state index in [2.05, 4.69) is 4.74 Å². The van der Waals surface area contributed by atoms with Gasteiger partial charge in [-0.15, -0.1) is 0 Å². The van der Waals surface area contributed by atoms with Gasteiger partial charge in [0.05, 0.1) is 0 Å². The Morgan fingerprint density at radius 3 is 2.42 bits per heavy atom. The normalized spacial score (nSPS) is 9.92. The summed E-state index contributed by atoms with van der Waals surface area (Å²) in [5.41, 5.74) is 0. The van der Waals surface area contributed by atoms with Crippen LogP contribution in [0.4, 0.5) is 4.79 Å². The molecule has 12 heavy (non-hydrogen) atoms. The second-order valence-electron chi connectivity index (χ2n) is 2.10. The summed E-state index contributed by atoms with van der Waals surface area (Å²) >= 11 is -0.883. The number of ether oxygens (including phenoxy) is 1. The summed E-state index contributed by atoms with van der Waals surface area (Å²) in [4.78, 5) is 23.1. The maximum absolute atomic E-state index is 11.0. The molecule has 0 saturated carbocycles. The second kappa shape index (κ2) is 6.04. The van der Waals surface area contributed by atoms with Crippen LogP contribution in [0.15, 0.2) is 10.2 Å². The van der Waals surface area contributed by atoms with Gasteiger partial charge in [-0.3, -0.25) is 0 Å². The Morgan fingerprint density at radius 2 is 2.00 bits per heavy atom. The van der Waals surface area contributed by atoms with Crippen molar-refractivity contribution < 1.29 is 14.3 Å². The fraction of sp³-hybridized carbons (Fsp3) is 0.429. The third-order valence-electron chi connectivity index (χ3n) is 0.939. The van der Waals surface area contributed by atoms with Gasteiger partial charge in [-0.2, -0.15) is 0 Å². The fourth-order valence-electron chi connectivity index (χ4n) is 0.321. The van der Waals surface area contributed by atoms with Gasteiger partial charge in [0, 0.05) is 0 Å². The quantitative estimate of drug-likeness (QED) is 0.418. The molecule has 0 aromatic rings. The first-order chi connectivity index (χ1) is 5.57. The second-order valence-corrected chi connectivity index (χ2v) is 4.55. The summed E-state index contributed by atoms with van der Waals surface area (Å²) in [6.07, 6.45) is 1.30. The number of esters is 1. The van der Waals surface area contributed by atoms with Crippen LogP contribution >= 0.6 is 0 Å². The van der Waals surface area contributed by atoms with E-state index in [4.69, 9.17) is 0 Å². The summed E-state index contributed by atoms with van der Waals surface area (Å²) in [6.45, 7) is 0. The number of nitrogens with zero attached hydrogens (tertiary/aromatic N) is 1. The predicted octanol–water partition coefficient (Wildman–Crippen LogP) is 0.0589. The molecular formula is C7H11NO3Te. The summed E-state index contributed by atoms with van der Waals surface area (Å²) < 4.78 is 6.06. The molecule has 0 aliphatic rings. The molecule has 0 aliphatic heterocycles. The maximum atomic E-state index is 11.0. The van der Waals surface area contributed by atoms with E-state index in [-0.39, 0.29) is 3.96 Å². The third kappa shape index (κ3) is 5.16. The molecule has 0 fully saturated rings. The van der Waals surface area contributed by atoms with E-state index in [1.165, 1.54) is 18.1 Å². The molecule has 0 atom stereocenters. The Labute approximate surface area is 81.6 Å². The van der Waals surface area contributed by atoms with Crippen LogP contribution in [0, 0.1) is 0 Å². The molecule has 0 saturated heterocycles. The fourth-order valence-corrected chi connectivity index (χ4v) is 1.77. The van der Waals surface area contributed by atoms with Crippen molar-refractivity contribution in [2.24, 2.45) is 0 Å². The Hall–Kier alpha value is -0.530. The van der Waals surface area contributed by atoms with Gasteiger partial charge < -0.3 is 0 Å². The van der Waals surface area contributed by atoms with Crippen molar-refractivity contribution in [1.82, 2.24) is 4.90 Å². The van der Waals surface area contributed by atoms with Gasteiger partial charge in [0.1, 0.15) is 0 Å². The van der Waals surface area contributed by atoms with Crippen molar-refractivity contribution in [3.63, 3.8) is 0 Å². The zero-order valence-electron chi connectivity index (χ0n) is 7.23. The average molecular weight is 285 g/mol. The van der Waals surface area contributed by atoms with Crippen molar-refractivity contribution in [3.8, 4) is 0 Å². The van der Waals surface area contributed by atoms with E-state index in [1.54, 1.807) is 18.2 Å². The number of carbonyl (C=O) groups is 2. The van der Waals surface area contributed by atoms with Gasteiger partial charge in [0.15, 0.2) is 0 Å². The predicted molar refractivity (Wildman–Crippen MR) is 46.0 cm³/mol. The van der Waals surface area contributed by atoms with Gasteiger partial charge in [-0.25, -0.2) is 0 Å². The summed E-state index contributed by atoms with van der Waals surface area (Å²) in [6, 6.07) is 0. The molecule has 4 nitrogen and oxygen atoms in total. The first kappa shape index (κ1) is 11.5. The molecule has 5 heteroatoms. The van der Waals surface area contributed by atoms with E-state index in [9.17, 15) is 9.59 Å². The van der Waals surface area contributed by atoms with E-state index < -0.39 is 26.9 Å². The minimum absolute atomic E-state index is 0.0838. The first-order valence-electron chi connectivity index (χ1n) is 3.20. The monoisotopic (exact) mass is 287 g/mol. The van der Waals surface area contributed by atoms with E-state index in [0.29, 0.717) is 0 Å². The van der Waals surface area contributed by atoms with Crippen LogP contribution < -0.4 is 0 Å². The van der Waals surface area contributed by atoms with Crippen molar-refractivity contribution in [2.45, 2.75) is 0 Å². The number of methoxy groups -OCH3 is 1. The van der Waals surface area contributed by atoms with Crippen LogP contribution in [-0.2, 0) is 9.53 Å². The van der Waals surface area contributed by atoms with Gasteiger partial charge in [-0.1, -0.05) is 0 Å².